The molecule has 2 aromatic rings. The zero-order valence-corrected chi connectivity index (χ0v) is 25.7. The SMILES string of the molecule is C.C=CCOc1c(C)c2c(c3c1C[C@H]1[C@H]4c5c(cc(OS(=O)(=O)C(F)(F)F)c(OC)c5O)C5(C)C[C@@H]([C@H](C#N)N1[C@H]3CO)N45)OCO2. The van der Waals surface area contributed by atoms with Crippen molar-refractivity contribution in [1.29, 1.82) is 5.26 Å². The first kappa shape index (κ1) is 33.0. The minimum Gasteiger partial charge on any atom is -0.504 e. The molecule has 2 aromatic carbocycles. The van der Waals surface area contributed by atoms with E-state index in [1.165, 1.54) is 6.07 Å². The van der Waals surface area contributed by atoms with Gasteiger partial charge in [-0.3, -0.25) is 9.80 Å². The lowest BCUT2D eigenvalue weighted by Gasteiger charge is -2.65. The summed E-state index contributed by atoms with van der Waals surface area (Å²) >= 11 is 0. The van der Waals surface area contributed by atoms with Gasteiger partial charge in [0.05, 0.1) is 31.9 Å². The third kappa shape index (κ3) is 4.19. The van der Waals surface area contributed by atoms with Gasteiger partial charge in [-0.05, 0) is 38.3 Å². The monoisotopic (exact) mass is 681 g/mol. The standard InChI is InChI=1S/C30H30F3N3O9S.CH4/c1-5-6-42-25-13(2)26-28(44-12-43-26)21-14(25)7-16-23-22-15(8-20(27(41-4)24(22)38)45-46(39,40)30(31,32)33)29(3)9-17(36(23)29)18(10-34)35(16)19(21)11-37;/h5,8,16-19,23,37-38H,1,6-7,9,11-12H2,2-4H3;1H4/t16-,17-,18-,19-,23-,29?;/m0./s1. The number of benzene rings is 2. The van der Waals surface area contributed by atoms with E-state index in [-0.39, 0.29) is 27.2 Å². The van der Waals surface area contributed by atoms with Gasteiger partial charge in [-0.25, -0.2) is 0 Å². The molecule has 254 valence electrons. The molecule has 2 fully saturated rings. The maximum Gasteiger partial charge on any atom is 0.534 e. The summed E-state index contributed by atoms with van der Waals surface area (Å²) in [5.41, 5.74) is -3.90. The molecule has 6 atom stereocenters. The van der Waals surface area contributed by atoms with Gasteiger partial charge in [0.2, 0.25) is 12.5 Å². The molecule has 0 bridgehead atoms. The van der Waals surface area contributed by atoms with E-state index in [9.17, 15) is 37.1 Å². The molecular weight excluding hydrogens is 647 g/mol. The van der Waals surface area contributed by atoms with Crippen LogP contribution < -0.4 is 23.1 Å². The van der Waals surface area contributed by atoms with E-state index < -0.39 is 75.2 Å². The van der Waals surface area contributed by atoms with Crippen LogP contribution in [0.1, 0.15) is 60.7 Å². The van der Waals surface area contributed by atoms with Gasteiger partial charge in [-0.1, -0.05) is 20.1 Å². The number of nitrogens with zero attached hydrogens (tertiary/aromatic N) is 3. The Labute approximate surface area is 269 Å². The number of alkyl halides is 3. The molecule has 2 N–H and O–H groups in total. The number of aromatic hydroxyl groups is 1. The summed E-state index contributed by atoms with van der Waals surface area (Å²) in [7, 11) is -5.01. The number of ether oxygens (including phenoxy) is 4. The first-order chi connectivity index (χ1) is 21.7. The van der Waals surface area contributed by atoms with E-state index in [1.54, 1.807) is 6.08 Å². The molecule has 5 heterocycles. The fraction of sp³-hybridized carbons (Fsp3) is 0.516. The van der Waals surface area contributed by atoms with Crippen LogP contribution in [0.5, 0.6) is 34.5 Å². The number of hydrogen-bond acceptors (Lipinski definition) is 12. The van der Waals surface area contributed by atoms with Crippen molar-refractivity contribution in [3.8, 4) is 40.6 Å². The van der Waals surface area contributed by atoms with Gasteiger partial charge in [0.15, 0.2) is 23.0 Å². The highest BCUT2D eigenvalue weighted by molar-refractivity contribution is 7.88. The van der Waals surface area contributed by atoms with Gasteiger partial charge in [0, 0.05) is 39.9 Å². The Bertz CT molecular complexity index is 1830. The zero-order valence-electron chi connectivity index (χ0n) is 24.9. The molecule has 0 amide bonds. The Balaban J connectivity index is 0.00000386. The smallest absolute Gasteiger partial charge is 0.504 e. The summed E-state index contributed by atoms with van der Waals surface area (Å²) in [5, 5.41) is 33.1. The zero-order chi connectivity index (χ0) is 33.1. The van der Waals surface area contributed by atoms with Crippen LogP contribution in [0.2, 0.25) is 0 Å². The van der Waals surface area contributed by atoms with Crippen molar-refractivity contribution < 1.29 is 54.9 Å². The van der Waals surface area contributed by atoms with E-state index in [4.69, 9.17) is 18.9 Å². The fourth-order valence-electron chi connectivity index (χ4n) is 8.36. The number of phenols is 1. The second-order valence-corrected chi connectivity index (χ2v) is 13.6. The number of methoxy groups -OCH3 is 1. The third-order valence-electron chi connectivity index (χ3n) is 9.98. The number of nitriles is 1. The number of aliphatic hydroxyl groups is 1. The Morgan fingerprint density at radius 2 is 1.94 bits per heavy atom. The highest BCUT2D eigenvalue weighted by Gasteiger charge is 2.69. The van der Waals surface area contributed by atoms with Crippen LogP contribution in [-0.4, -0.2) is 79.2 Å². The Hall–Kier alpha value is -3.91. The van der Waals surface area contributed by atoms with Crippen molar-refractivity contribution in [3.63, 3.8) is 0 Å². The van der Waals surface area contributed by atoms with E-state index in [2.05, 4.69) is 16.8 Å². The number of aliphatic hydroxyl groups excluding tert-OH is 1. The molecule has 5 aliphatic rings. The quantitative estimate of drug-likeness (QED) is 0.246. The van der Waals surface area contributed by atoms with Crippen LogP contribution in [0.15, 0.2) is 18.7 Å². The summed E-state index contributed by atoms with van der Waals surface area (Å²) in [5.74, 6) is -0.503. The van der Waals surface area contributed by atoms with E-state index in [1.807, 2.05) is 23.6 Å². The molecular formula is C31H34F3N3O9S. The molecule has 7 rings (SSSR count). The average molecular weight is 682 g/mol. The summed E-state index contributed by atoms with van der Waals surface area (Å²) in [4.78, 5) is 3.96. The highest BCUT2D eigenvalue weighted by atomic mass is 32.2. The van der Waals surface area contributed by atoms with Crippen LogP contribution in [0.25, 0.3) is 0 Å². The summed E-state index contributed by atoms with van der Waals surface area (Å²) in [6.45, 7) is 7.12. The molecule has 1 unspecified atom stereocenters. The minimum atomic E-state index is -6.09. The van der Waals surface area contributed by atoms with E-state index in [0.29, 0.717) is 45.9 Å². The Morgan fingerprint density at radius 1 is 1.23 bits per heavy atom. The number of piperazine rings is 1. The van der Waals surface area contributed by atoms with Gasteiger partial charge < -0.3 is 33.3 Å². The first-order valence-corrected chi connectivity index (χ1v) is 15.9. The lowest BCUT2D eigenvalue weighted by Crippen LogP contribution is -2.74. The second kappa shape index (κ2) is 10.8. The topological polar surface area (TPSA) is 151 Å². The molecule has 16 heteroatoms. The molecule has 5 aliphatic heterocycles. The van der Waals surface area contributed by atoms with Crippen molar-refractivity contribution in [2.45, 2.75) is 75.4 Å². The molecule has 12 nitrogen and oxygen atoms in total. The van der Waals surface area contributed by atoms with Crippen molar-refractivity contribution >= 4 is 10.1 Å². The molecule has 2 saturated heterocycles. The van der Waals surface area contributed by atoms with Gasteiger partial charge in [0.25, 0.3) is 0 Å². The maximum absolute atomic E-state index is 13.3. The largest absolute Gasteiger partial charge is 0.534 e. The van der Waals surface area contributed by atoms with E-state index >= 15 is 0 Å². The summed E-state index contributed by atoms with van der Waals surface area (Å²) in [6.07, 6.45) is 2.20. The minimum absolute atomic E-state index is 0. The van der Waals surface area contributed by atoms with Crippen molar-refractivity contribution in [2.24, 2.45) is 0 Å². The third-order valence-corrected chi connectivity index (χ3v) is 11.0. The number of phenolic OH excluding ortho intramolecular Hbond substituents is 1. The number of fused-ring (bicyclic) bond motifs is 8. The number of halogens is 3. The molecule has 0 spiro atoms. The first-order valence-electron chi connectivity index (χ1n) is 14.5. The van der Waals surface area contributed by atoms with Crippen molar-refractivity contribution in [3.05, 3.63) is 46.5 Å². The normalized spacial score (nSPS) is 28.4. The Morgan fingerprint density at radius 3 is 2.55 bits per heavy atom. The van der Waals surface area contributed by atoms with Crippen LogP contribution in [-0.2, 0) is 22.1 Å². The van der Waals surface area contributed by atoms with Crippen LogP contribution in [0, 0.1) is 18.3 Å². The predicted molar refractivity (Wildman–Crippen MR) is 159 cm³/mol. The molecule has 0 saturated carbocycles. The lowest BCUT2D eigenvalue weighted by atomic mass is 9.70. The molecule has 0 radical (unpaired) electrons. The van der Waals surface area contributed by atoms with Gasteiger partial charge in [-0.2, -0.15) is 26.9 Å². The average Bonchev–Trinajstić information content (AvgIpc) is 3.56. The van der Waals surface area contributed by atoms with Gasteiger partial charge in [0.1, 0.15) is 18.4 Å². The molecule has 0 aliphatic carbocycles. The van der Waals surface area contributed by atoms with Crippen LogP contribution in [0.3, 0.4) is 0 Å². The number of rotatable bonds is 7. The fourth-order valence-corrected chi connectivity index (χ4v) is 8.82. The maximum atomic E-state index is 13.3. The van der Waals surface area contributed by atoms with E-state index in [0.717, 1.165) is 12.7 Å². The highest BCUT2D eigenvalue weighted by Crippen LogP contribution is 2.68. The summed E-state index contributed by atoms with van der Waals surface area (Å²) in [6, 6.07) is 0.464. The van der Waals surface area contributed by atoms with Crippen LogP contribution >= 0.6 is 0 Å². The summed E-state index contributed by atoms with van der Waals surface area (Å²) < 4.78 is 91.5. The van der Waals surface area contributed by atoms with Gasteiger partial charge in [-0.15, -0.1) is 0 Å². The van der Waals surface area contributed by atoms with Crippen molar-refractivity contribution in [2.75, 3.05) is 27.1 Å². The second-order valence-electron chi connectivity index (χ2n) is 12.1. The molecule has 47 heavy (non-hydrogen) atoms. The van der Waals surface area contributed by atoms with Crippen molar-refractivity contribution in [1.82, 2.24) is 9.80 Å². The predicted octanol–water partition coefficient (Wildman–Crippen LogP) is 4.08. The Kier molecular flexibility index (Phi) is 7.59. The molecule has 0 aromatic heterocycles. The van der Waals surface area contributed by atoms with Gasteiger partial charge >= 0.3 is 15.6 Å². The lowest BCUT2D eigenvalue weighted by molar-refractivity contribution is -0.182. The van der Waals surface area contributed by atoms with Crippen LogP contribution in [0.4, 0.5) is 13.2 Å². The number of hydrogen-bond donors (Lipinski definition) is 2.